The summed E-state index contributed by atoms with van der Waals surface area (Å²) >= 11 is 5.98. The van der Waals surface area contributed by atoms with Crippen molar-refractivity contribution in [2.24, 2.45) is 0 Å². The number of H-pyrrole nitrogens is 1. The number of anilines is 1. The van der Waals surface area contributed by atoms with Gasteiger partial charge in [0.25, 0.3) is 0 Å². The lowest BCUT2D eigenvalue weighted by molar-refractivity contribution is -0.274. The zero-order valence-corrected chi connectivity index (χ0v) is 17.1. The number of alkyl halides is 3. The number of carbonyl (C=O) groups excluding carboxylic acids is 1. The van der Waals surface area contributed by atoms with Crippen LogP contribution in [-0.2, 0) is 17.8 Å². The van der Waals surface area contributed by atoms with Gasteiger partial charge in [-0.25, -0.2) is 4.79 Å². The highest BCUT2D eigenvalue weighted by molar-refractivity contribution is 6.30. The molecule has 0 spiro atoms. The number of hydrogen-bond donors (Lipinski definition) is 1. The molecule has 3 rings (SSSR count). The molecule has 0 aliphatic rings. The molecule has 0 saturated carbocycles. The molecule has 31 heavy (non-hydrogen) atoms. The molecule has 0 radical (unpaired) electrons. The highest BCUT2D eigenvalue weighted by atomic mass is 35.5. The van der Waals surface area contributed by atoms with Gasteiger partial charge in [-0.05, 0) is 48.9 Å². The molecule has 7 nitrogen and oxygen atoms in total. The lowest BCUT2D eigenvalue weighted by Crippen LogP contribution is -2.24. The van der Waals surface area contributed by atoms with Crippen LogP contribution in [0.4, 0.5) is 18.9 Å². The summed E-state index contributed by atoms with van der Waals surface area (Å²) in [4.78, 5) is 14.0. The van der Waals surface area contributed by atoms with E-state index < -0.39 is 12.3 Å². The molecule has 3 aromatic rings. The first kappa shape index (κ1) is 22.4. The van der Waals surface area contributed by atoms with Crippen molar-refractivity contribution < 1.29 is 27.4 Å². The summed E-state index contributed by atoms with van der Waals surface area (Å²) in [6, 6.07) is 12.5. The molecular weight excluding hydrogens is 437 g/mol. The third-order valence-corrected chi connectivity index (χ3v) is 4.40. The van der Waals surface area contributed by atoms with E-state index in [2.05, 4.69) is 20.1 Å². The van der Waals surface area contributed by atoms with Crippen molar-refractivity contribution >= 4 is 23.3 Å². The normalized spacial score (nSPS) is 11.3. The number of benzene rings is 2. The maximum Gasteiger partial charge on any atom is 0.573 e. The maximum absolute atomic E-state index is 12.4. The molecule has 0 amide bonds. The molecule has 0 aliphatic heterocycles. The second-order valence-electron chi connectivity index (χ2n) is 6.36. The molecule has 0 bridgehead atoms. The van der Waals surface area contributed by atoms with Gasteiger partial charge in [0.1, 0.15) is 11.4 Å². The summed E-state index contributed by atoms with van der Waals surface area (Å²) in [7, 11) is 0. The first-order valence-corrected chi connectivity index (χ1v) is 9.55. The zero-order valence-electron chi connectivity index (χ0n) is 16.3. The van der Waals surface area contributed by atoms with Crippen LogP contribution in [0.1, 0.15) is 28.7 Å². The first-order chi connectivity index (χ1) is 14.7. The average molecular weight is 455 g/mol. The second-order valence-corrected chi connectivity index (χ2v) is 6.80. The van der Waals surface area contributed by atoms with Gasteiger partial charge in [0, 0.05) is 17.3 Å². The maximum atomic E-state index is 12.4. The molecule has 0 aliphatic carbocycles. The van der Waals surface area contributed by atoms with Crippen molar-refractivity contribution in [2.75, 3.05) is 11.5 Å². The Balaban J connectivity index is 1.84. The zero-order chi connectivity index (χ0) is 22.4. The highest BCUT2D eigenvalue weighted by Gasteiger charge is 2.31. The van der Waals surface area contributed by atoms with Crippen LogP contribution in [0, 0.1) is 0 Å². The number of halogens is 4. The Morgan fingerprint density at radius 2 is 1.74 bits per heavy atom. The van der Waals surface area contributed by atoms with Gasteiger partial charge >= 0.3 is 12.3 Å². The fraction of sp³-hybridized carbons (Fsp3) is 0.250. The van der Waals surface area contributed by atoms with E-state index in [0.29, 0.717) is 22.8 Å². The number of hydrogen-bond acceptors (Lipinski definition) is 6. The molecule has 164 valence electrons. The fourth-order valence-electron chi connectivity index (χ4n) is 2.81. The van der Waals surface area contributed by atoms with E-state index in [1.54, 1.807) is 31.2 Å². The predicted octanol–water partition coefficient (Wildman–Crippen LogP) is 4.74. The van der Waals surface area contributed by atoms with E-state index in [9.17, 15) is 18.0 Å². The van der Waals surface area contributed by atoms with Gasteiger partial charge in [-0.15, -0.1) is 18.3 Å². The van der Waals surface area contributed by atoms with Crippen LogP contribution in [0.3, 0.4) is 0 Å². The lowest BCUT2D eigenvalue weighted by Gasteiger charge is -2.24. The molecule has 0 saturated heterocycles. The number of ether oxygens (including phenoxy) is 2. The van der Waals surface area contributed by atoms with Gasteiger partial charge < -0.3 is 14.4 Å². The standard InChI is InChI=1S/C20H18ClF3N4O3/c1-2-30-19(29)18-17(25-27-26-18)12-28(15-7-5-14(21)6-8-15)11-13-3-9-16(10-4-13)31-20(22,23)24/h3-10H,2,11-12H2,1H3,(H,25,26,27). The second kappa shape index (κ2) is 9.69. The van der Waals surface area contributed by atoms with Gasteiger partial charge in [0.2, 0.25) is 0 Å². The molecule has 1 aromatic heterocycles. The summed E-state index contributed by atoms with van der Waals surface area (Å²) in [5, 5.41) is 10.9. The number of aromatic amines is 1. The van der Waals surface area contributed by atoms with Gasteiger partial charge in [-0.2, -0.15) is 10.3 Å². The molecule has 2 aromatic carbocycles. The van der Waals surface area contributed by atoms with Crippen molar-refractivity contribution in [2.45, 2.75) is 26.4 Å². The summed E-state index contributed by atoms with van der Waals surface area (Å²) in [6.07, 6.45) is -4.76. The fourth-order valence-corrected chi connectivity index (χ4v) is 2.94. The summed E-state index contributed by atoms with van der Waals surface area (Å²) in [5.41, 5.74) is 1.91. The smallest absolute Gasteiger partial charge is 0.461 e. The highest BCUT2D eigenvalue weighted by Crippen LogP contribution is 2.26. The Bertz CT molecular complexity index is 1010. The van der Waals surface area contributed by atoms with Crippen LogP contribution in [-0.4, -0.2) is 34.3 Å². The largest absolute Gasteiger partial charge is 0.573 e. The van der Waals surface area contributed by atoms with E-state index in [4.69, 9.17) is 16.3 Å². The Kier molecular flexibility index (Phi) is 7.01. The number of esters is 1. The minimum Gasteiger partial charge on any atom is -0.461 e. The van der Waals surface area contributed by atoms with Crippen molar-refractivity contribution in [1.29, 1.82) is 0 Å². The van der Waals surface area contributed by atoms with Crippen LogP contribution in [0.15, 0.2) is 48.5 Å². The number of nitrogens with one attached hydrogen (secondary N) is 1. The molecule has 1 heterocycles. The number of aromatic nitrogens is 3. The molecule has 11 heteroatoms. The molecule has 1 N–H and O–H groups in total. The monoisotopic (exact) mass is 454 g/mol. The van der Waals surface area contributed by atoms with Crippen molar-refractivity contribution in [1.82, 2.24) is 15.4 Å². The van der Waals surface area contributed by atoms with Gasteiger partial charge in [-0.3, -0.25) is 0 Å². The molecule has 0 fully saturated rings. The van der Waals surface area contributed by atoms with E-state index in [1.807, 2.05) is 4.90 Å². The van der Waals surface area contributed by atoms with Gasteiger partial charge in [0.15, 0.2) is 5.69 Å². The van der Waals surface area contributed by atoms with Crippen molar-refractivity contribution in [3.05, 3.63) is 70.5 Å². The minimum atomic E-state index is -4.76. The van der Waals surface area contributed by atoms with E-state index in [0.717, 1.165) is 5.69 Å². The van der Waals surface area contributed by atoms with E-state index in [1.165, 1.54) is 24.3 Å². The minimum absolute atomic E-state index is 0.0646. The predicted molar refractivity (Wildman–Crippen MR) is 107 cm³/mol. The Morgan fingerprint density at radius 3 is 2.35 bits per heavy atom. The van der Waals surface area contributed by atoms with Crippen LogP contribution in [0.5, 0.6) is 5.75 Å². The third kappa shape index (κ3) is 6.35. The topological polar surface area (TPSA) is 80.3 Å². The summed E-state index contributed by atoms with van der Waals surface area (Å²) in [5.74, 6) is -0.911. The average Bonchev–Trinajstić information content (AvgIpc) is 3.17. The van der Waals surface area contributed by atoms with Crippen LogP contribution < -0.4 is 9.64 Å². The number of rotatable bonds is 8. The van der Waals surface area contributed by atoms with Crippen LogP contribution in [0.25, 0.3) is 0 Å². The quantitative estimate of drug-likeness (QED) is 0.495. The van der Waals surface area contributed by atoms with E-state index >= 15 is 0 Å². The van der Waals surface area contributed by atoms with Crippen LogP contribution >= 0.6 is 11.6 Å². The number of nitrogens with zero attached hydrogens (tertiary/aromatic N) is 3. The summed E-state index contributed by atoms with van der Waals surface area (Å²) in [6.45, 7) is 2.37. The Hall–Kier alpha value is -3.27. The van der Waals surface area contributed by atoms with Crippen LogP contribution in [0.2, 0.25) is 5.02 Å². The van der Waals surface area contributed by atoms with Gasteiger partial charge in [0.05, 0.1) is 13.2 Å². The molecule has 0 unspecified atom stereocenters. The number of carbonyl (C=O) groups is 1. The molecular formula is C20H18ClF3N4O3. The summed E-state index contributed by atoms with van der Waals surface area (Å²) < 4.78 is 46.0. The lowest BCUT2D eigenvalue weighted by atomic mass is 10.1. The van der Waals surface area contributed by atoms with Crippen molar-refractivity contribution in [3.8, 4) is 5.75 Å². The first-order valence-electron chi connectivity index (χ1n) is 9.17. The Labute approximate surface area is 180 Å². The van der Waals surface area contributed by atoms with Gasteiger partial charge in [-0.1, -0.05) is 23.7 Å². The van der Waals surface area contributed by atoms with E-state index in [-0.39, 0.29) is 24.6 Å². The Morgan fingerprint density at radius 1 is 1.06 bits per heavy atom. The molecule has 0 atom stereocenters. The third-order valence-electron chi connectivity index (χ3n) is 4.15. The van der Waals surface area contributed by atoms with Crippen molar-refractivity contribution in [3.63, 3.8) is 0 Å². The SMILES string of the molecule is CCOC(=O)c1n[nH]nc1CN(Cc1ccc(OC(F)(F)F)cc1)c1ccc(Cl)cc1.